The summed E-state index contributed by atoms with van der Waals surface area (Å²) in [7, 11) is 1.83. The summed E-state index contributed by atoms with van der Waals surface area (Å²) in [6.45, 7) is 1.94. The van der Waals surface area contributed by atoms with Gasteiger partial charge >= 0.3 is 0 Å². The number of thioether (sulfide) groups is 1. The fourth-order valence-electron chi connectivity index (χ4n) is 1.95. The third-order valence-corrected chi connectivity index (χ3v) is 4.33. The number of nitrogen functional groups attached to an aromatic ring is 1. The number of fused-ring (bicyclic) bond motifs is 1. The molecule has 0 aliphatic rings. The largest absolute Gasteiger partial charge is 0.431 e. The molecule has 0 bridgehead atoms. The van der Waals surface area contributed by atoms with Crippen LogP contribution in [0.2, 0.25) is 5.15 Å². The van der Waals surface area contributed by atoms with Crippen LogP contribution in [0.15, 0.2) is 27.8 Å². The van der Waals surface area contributed by atoms with Crippen molar-refractivity contribution in [3.05, 3.63) is 34.6 Å². The number of benzene rings is 1. The third kappa shape index (κ3) is 2.36. The molecule has 0 aliphatic carbocycles. The minimum atomic E-state index is 0.602. The second kappa shape index (κ2) is 5.03. The normalized spacial score (nSPS) is 11.3. The maximum Gasteiger partial charge on any atom is 0.257 e. The Hall–Kier alpha value is -1.66. The standard InChI is InChI=1S/C13H13ClN4OS/c1-7-9(12(14)18(2)17-7)6-20-13-16-10-4-3-8(15)5-11(10)19-13/h3-5H,6,15H2,1-2H3. The molecule has 2 N–H and O–H groups in total. The lowest BCUT2D eigenvalue weighted by Crippen LogP contribution is -1.89. The van der Waals surface area contributed by atoms with Gasteiger partial charge in [0.15, 0.2) is 5.58 Å². The van der Waals surface area contributed by atoms with Crippen LogP contribution in [0.5, 0.6) is 0 Å². The minimum Gasteiger partial charge on any atom is -0.431 e. The van der Waals surface area contributed by atoms with Crippen LogP contribution in [0, 0.1) is 6.92 Å². The molecule has 0 aliphatic heterocycles. The van der Waals surface area contributed by atoms with Gasteiger partial charge in [-0.05, 0) is 19.1 Å². The van der Waals surface area contributed by atoms with Gasteiger partial charge in [0.1, 0.15) is 10.7 Å². The molecule has 0 unspecified atom stereocenters. The van der Waals surface area contributed by atoms with Crippen LogP contribution in [0.25, 0.3) is 11.1 Å². The van der Waals surface area contributed by atoms with Gasteiger partial charge in [0.05, 0.1) is 5.69 Å². The molecule has 0 saturated heterocycles. The molecule has 2 aromatic heterocycles. The Morgan fingerprint density at radius 2 is 2.25 bits per heavy atom. The molecule has 0 atom stereocenters. The van der Waals surface area contributed by atoms with Crippen LogP contribution >= 0.6 is 23.4 Å². The van der Waals surface area contributed by atoms with Gasteiger partial charge in [-0.2, -0.15) is 5.10 Å². The molecule has 0 spiro atoms. The van der Waals surface area contributed by atoms with Gasteiger partial charge < -0.3 is 10.2 Å². The van der Waals surface area contributed by atoms with Gasteiger partial charge in [-0.15, -0.1) is 0 Å². The number of rotatable bonds is 3. The highest BCUT2D eigenvalue weighted by molar-refractivity contribution is 7.98. The third-order valence-electron chi connectivity index (χ3n) is 3.00. The average Bonchev–Trinajstić information content (AvgIpc) is 2.89. The Balaban J connectivity index is 1.83. The van der Waals surface area contributed by atoms with E-state index in [1.54, 1.807) is 16.8 Å². The van der Waals surface area contributed by atoms with Crippen LogP contribution in [0.4, 0.5) is 5.69 Å². The second-order valence-corrected chi connectivity index (χ2v) is 5.76. The van der Waals surface area contributed by atoms with Crippen molar-refractivity contribution in [1.82, 2.24) is 14.8 Å². The number of halogens is 1. The van der Waals surface area contributed by atoms with Crippen molar-refractivity contribution in [3.63, 3.8) is 0 Å². The number of hydrogen-bond acceptors (Lipinski definition) is 5. The molecule has 2 heterocycles. The van der Waals surface area contributed by atoms with Gasteiger partial charge in [0.2, 0.25) is 0 Å². The van der Waals surface area contributed by atoms with Crippen molar-refractivity contribution in [2.24, 2.45) is 7.05 Å². The lowest BCUT2D eigenvalue weighted by molar-refractivity contribution is 0.489. The number of nitrogens with two attached hydrogens (primary N) is 1. The van der Waals surface area contributed by atoms with Gasteiger partial charge in [-0.3, -0.25) is 4.68 Å². The zero-order chi connectivity index (χ0) is 14.3. The zero-order valence-corrected chi connectivity index (χ0v) is 12.6. The average molecular weight is 309 g/mol. The maximum atomic E-state index is 6.20. The second-order valence-electron chi connectivity index (χ2n) is 4.47. The summed E-state index contributed by atoms with van der Waals surface area (Å²) in [5.41, 5.74) is 9.80. The summed E-state index contributed by atoms with van der Waals surface area (Å²) in [6, 6.07) is 5.43. The maximum absolute atomic E-state index is 6.20. The van der Waals surface area contributed by atoms with Gasteiger partial charge in [0, 0.05) is 30.1 Å². The van der Waals surface area contributed by atoms with E-state index in [-0.39, 0.29) is 0 Å². The quantitative estimate of drug-likeness (QED) is 0.593. The molecule has 104 valence electrons. The summed E-state index contributed by atoms with van der Waals surface area (Å²) in [6.07, 6.45) is 0. The number of hydrogen-bond donors (Lipinski definition) is 1. The molecule has 3 rings (SSSR count). The van der Waals surface area contributed by atoms with Crippen molar-refractivity contribution in [1.29, 1.82) is 0 Å². The lowest BCUT2D eigenvalue weighted by atomic mass is 10.3. The molecule has 7 heteroatoms. The van der Waals surface area contributed by atoms with Crippen LogP contribution in [0.1, 0.15) is 11.3 Å². The predicted molar refractivity (Wildman–Crippen MR) is 80.9 cm³/mol. The number of oxazole rings is 1. The van der Waals surface area contributed by atoms with Crippen molar-refractivity contribution in [2.45, 2.75) is 17.9 Å². The Kier molecular flexibility index (Phi) is 3.35. The first-order valence-electron chi connectivity index (χ1n) is 6.01. The molecule has 0 radical (unpaired) electrons. The van der Waals surface area contributed by atoms with E-state index in [1.165, 1.54) is 11.8 Å². The monoisotopic (exact) mass is 308 g/mol. The van der Waals surface area contributed by atoms with E-state index in [4.69, 9.17) is 21.8 Å². The molecule has 0 fully saturated rings. The number of anilines is 1. The summed E-state index contributed by atoms with van der Waals surface area (Å²) in [5.74, 6) is 0.667. The number of aromatic nitrogens is 3. The highest BCUT2D eigenvalue weighted by Crippen LogP contribution is 2.30. The minimum absolute atomic E-state index is 0.602. The number of aryl methyl sites for hydroxylation is 2. The molecular formula is C13H13ClN4OS. The molecule has 0 amide bonds. The van der Waals surface area contributed by atoms with Crippen LogP contribution in [-0.4, -0.2) is 14.8 Å². The van der Waals surface area contributed by atoms with E-state index >= 15 is 0 Å². The molecule has 20 heavy (non-hydrogen) atoms. The fourth-order valence-corrected chi connectivity index (χ4v) is 3.20. The molecule has 1 aromatic carbocycles. The Morgan fingerprint density at radius 1 is 1.45 bits per heavy atom. The summed E-state index contributed by atoms with van der Waals surface area (Å²) in [5, 5.41) is 5.53. The highest BCUT2D eigenvalue weighted by atomic mass is 35.5. The Bertz CT molecular complexity index is 780. The fraction of sp³-hybridized carbons (Fsp3) is 0.231. The van der Waals surface area contributed by atoms with E-state index in [2.05, 4.69) is 10.1 Å². The van der Waals surface area contributed by atoms with E-state index in [9.17, 15) is 0 Å². The summed E-state index contributed by atoms with van der Waals surface area (Å²) in [4.78, 5) is 4.41. The van der Waals surface area contributed by atoms with Crippen LogP contribution in [0.3, 0.4) is 0 Å². The smallest absolute Gasteiger partial charge is 0.257 e. The van der Waals surface area contributed by atoms with Crippen LogP contribution < -0.4 is 5.73 Å². The Morgan fingerprint density at radius 3 is 2.95 bits per heavy atom. The van der Waals surface area contributed by atoms with Gasteiger partial charge in [0.25, 0.3) is 5.22 Å². The van der Waals surface area contributed by atoms with Crippen molar-refractivity contribution in [3.8, 4) is 0 Å². The first-order valence-corrected chi connectivity index (χ1v) is 7.38. The van der Waals surface area contributed by atoms with Crippen molar-refractivity contribution < 1.29 is 4.42 Å². The molecule has 3 aromatic rings. The SMILES string of the molecule is Cc1nn(C)c(Cl)c1CSc1nc2ccc(N)cc2o1. The van der Waals surface area contributed by atoms with E-state index in [0.717, 1.165) is 16.8 Å². The van der Waals surface area contributed by atoms with E-state index < -0.39 is 0 Å². The van der Waals surface area contributed by atoms with E-state index in [1.807, 2.05) is 20.0 Å². The number of nitrogens with zero attached hydrogens (tertiary/aromatic N) is 3. The lowest BCUT2D eigenvalue weighted by Gasteiger charge is -1.97. The molecule has 5 nitrogen and oxygen atoms in total. The Labute approximate surface area is 125 Å². The van der Waals surface area contributed by atoms with E-state index in [0.29, 0.717) is 27.4 Å². The van der Waals surface area contributed by atoms with Gasteiger partial charge in [-0.1, -0.05) is 23.4 Å². The van der Waals surface area contributed by atoms with Crippen molar-refractivity contribution in [2.75, 3.05) is 5.73 Å². The first-order chi connectivity index (χ1) is 9.54. The van der Waals surface area contributed by atoms with Crippen molar-refractivity contribution >= 4 is 40.1 Å². The topological polar surface area (TPSA) is 69.9 Å². The van der Waals surface area contributed by atoms with Gasteiger partial charge in [-0.25, -0.2) is 4.98 Å². The molecular weight excluding hydrogens is 296 g/mol. The zero-order valence-electron chi connectivity index (χ0n) is 11.1. The summed E-state index contributed by atoms with van der Waals surface area (Å²) >= 11 is 7.69. The highest BCUT2D eigenvalue weighted by Gasteiger charge is 2.13. The first kappa shape index (κ1) is 13.3. The predicted octanol–water partition coefficient (Wildman–Crippen LogP) is 3.40. The molecule has 0 saturated carbocycles. The summed E-state index contributed by atoms with van der Waals surface area (Å²) < 4.78 is 7.32. The van der Waals surface area contributed by atoms with Crippen LogP contribution in [-0.2, 0) is 12.8 Å².